The minimum atomic E-state index is -0.769. The Bertz CT molecular complexity index is 964. The summed E-state index contributed by atoms with van der Waals surface area (Å²) in [6.45, 7) is 1.44. The monoisotopic (exact) mass is 396 g/mol. The maximum absolute atomic E-state index is 12.7. The lowest BCUT2D eigenvalue weighted by atomic mass is 10.1. The highest BCUT2D eigenvalue weighted by Gasteiger charge is 2.38. The number of aliphatic hydroxyl groups excluding tert-OH is 1. The van der Waals surface area contributed by atoms with Crippen LogP contribution in [0, 0.1) is 0 Å². The Morgan fingerprint density at radius 3 is 2.21 bits per heavy atom. The molecule has 0 spiro atoms. The summed E-state index contributed by atoms with van der Waals surface area (Å²) in [5, 5.41) is 12.8. The lowest BCUT2D eigenvalue weighted by Crippen LogP contribution is -2.35. The third kappa shape index (κ3) is 4.37. The maximum Gasteiger partial charge on any atom is 0.296 e. The number of benzene rings is 2. The van der Waals surface area contributed by atoms with Crippen molar-refractivity contribution in [3.63, 3.8) is 0 Å². The van der Waals surface area contributed by atoms with E-state index >= 15 is 0 Å². The van der Waals surface area contributed by atoms with E-state index in [2.05, 4.69) is 5.32 Å². The van der Waals surface area contributed by atoms with E-state index in [9.17, 15) is 19.5 Å². The fraction of sp³-hybridized carbons (Fsp3) is 0.190. The molecular weight excluding hydrogens is 376 g/mol. The van der Waals surface area contributed by atoms with Crippen molar-refractivity contribution >= 4 is 29.0 Å². The zero-order valence-corrected chi connectivity index (χ0v) is 16.0. The van der Waals surface area contributed by atoms with Crippen LogP contribution in [0.2, 0.25) is 0 Å². The van der Waals surface area contributed by atoms with Gasteiger partial charge in [-0.3, -0.25) is 19.3 Å². The van der Waals surface area contributed by atoms with Crippen LogP contribution in [0.5, 0.6) is 11.5 Å². The highest BCUT2D eigenvalue weighted by Crippen LogP contribution is 2.28. The number of ether oxygens (including phenoxy) is 2. The molecule has 2 aromatic carbocycles. The van der Waals surface area contributed by atoms with E-state index in [0.717, 1.165) is 4.90 Å². The molecule has 0 fully saturated rings. The van der Waals surface area contributed by atoms with Gasteiger partial charge in [0.15, 0.2) is 5.76 Å². The Labute approximate surface area is 167 Å². The Balaban J connectivity index is 1.65. The average molecular weight is 396 g/mol. The number of nitrogens with one attached hydrogen (secondary N) is 1. The summed E-state index contributed by atoms with van der Waals surface area (Å²) >= 11 is 0. The van der Waals surface area contributed by atoms with E-state index in [1.165, 1.54) is 6.92 Å². The molecule has 0 unspecified atom stereocenters. The molecule has 1 heterocycles. The molecule has 1 aliphatic heterocycles. The molecule has 29 heavy (non-hydrogen) atoms. The fourth-order valence-corrected chi connectivity index (χ4v) is 2.88. The Kier molecular flexibility index (Phi) is 5.82. The van der Waals surface area contributed by atoms with E-state index in [-0.39, 0.29) is 24.6 Å². The van der Waals surface area contributed by atoms with Crippen LogP contribution in [0.1, 0.15) is 12.5 Å². The van der Waals surface area contributed by atoms with Crippen LogP contribution in [0.4, 0.5) is 5.69 Å². The second-order valence-corrected chi connectivity index (χ2v) is 6.27. The zero-order chi connectivity index (χ0) is 21.0. The lowest BCUT2D eigenvalue weighted by Gasteiger charge is -2.15. The molecule has 8 heteroatoms. The molecule has 2 N–H and O–H groups in total. The number of methoxy groups -OCH3 is 1. The Morgan fingerprint density at radius 2 is 1.62 bits per heavy atom. The van der Waals surface area contributed by atoms with Crippen molar-refractivity contribution in [1.29, 1.82) is 0 Å². The van der Waals surface area contributed by atoms with E-state index in [1.807, 2.05) is 0 Å². The van der Waals surface area contributed by atoms with Gasteiger partial charge in [-0.25, -0.2) is 0 Å². The van der Waals surface area contributed by atoms with Crippen molar-refractivity contribution in [2.75, 3.05) is 25.6 Å². The smallest absolute Gasteiger partial charge is 0.296 e. The summed E-state index contributed by atoms with van der Waals surface area (Å²) < 4.78 is 10.6. The number of nitrogens with zero attached hydrogens (tertiary/aromatic N) is 1. The molecule has 3 rings (SSSR count). The first-order valence-electron chi connectivity index (χ1n) is 8.85. The quantitative estimate of drug-likeness (QED) is 0.696. The minimum absolute atomic E-state index is 0.0127. The van der Waals surface area contributed by atoms with Gasteiger partial charge in [0.2, 0.25) is 5.91 Å². The average Bonchev–Trinajstić information content (AvgIpc) is 2.92. The third-order valence-electron chi connectivity index (χ3n) is 4.28. The Morgan fingerprint density at radius 1 is 1.00 bits per heavy atom. The predicted molar refractivity (Wildman–Crippen MR) is 106 cm³/mol. The topological polar surface area (TPSA) is 105 Å². The number of rotatable bonds is 7. The van der Waals surface area contributed by atoms with Gasteiger partial charge in [-0.1, -0.05) is 12.1 Å². The number of carbonyl (C=O) groups is 3. The van der Waals surface area contributed by atoms with Crippen molar-refractivity contribution in [2.24, 2.45) is 0 Å². The van der Waals surface area contributed by atoms with Crippen LogP contribution in [-0.2, 0) is 14.4 Å². The van der Waals surface area contributed by atoms with Crippen LogP contribution in [0.15, 0.2) is 54.3 Å². The lowest BCUT2D eigenvalue weighted by molar-refractivity contribution is -0.138. The minimum Gasteiger partial charge on any atom is -0.502 e. The first-order chi connectivity index (χ1) is 13.9. The molecule has 0 saturated heterocycles. The first-order valence-corrected chi connectivity index (χ1v) is 8.85. The number of amides is 3. The van der Waals surface area contributed by atoms with Crippen LogP contribution in [0.3, 0.4) is 0 Å². The molecule has 1 aliphatic rings. The summed E-state index contributed by atoms with van der Waals surface area (Å²) in [7, 11) is 1.56. The van der Waals surface area contributed by atoms with E-state index in [4.69, 9.17) is 9.47 Å². The Hall–Kier alpha value is -3.81. The van der Waals surface area contributed by atoms with Crippen molar-refractivity contribution in [2.45, 2.75) is 6.92 Å². The number of carbonyl (C=O) groups excluding carboxylic acids is 3. The number of imide groups is 1. The standard InChI is InChI=1S/C21H20N2O6/c1-13(24)22-15-5-3-14(4-6-15)18-19(25)21(27)23(20(18)26)11-12-29-17-9-7-16(28-2)8-10-17/h3-10,25H,11-12H2,1-2H3,(H,22,24). The van der Waals surface area contributed by atoms with Gasteiger partial charge in [-0.05, 0) is 42.0 Å². The number of hydrogen-bond donors (Lipinski definition) is 2. The largest absolute Gasteiger partial charge is 0.502 e. The summed E-state index contributed by atoms with van der Waals surface area (Å²) in [4.78, 5) is 37.0. The molecule has 0 atom stereocenters. The highest BCUT2D eigenvalue weighted by atomic mass is 16.5. The molecule has 150 valence electrons. The highest BCUT2D eigenvalue weighted by molar-refractivity contribution is 6.34. The van der Waals surface area contributed by atoms with Gasteiger partial charge in [0.25, 0.3) is 11.8 Å². The second-order valence-electron chi connectivity index (χ2n) is 6.27. The molecule has 3 amide bonds. The van der Waals surface area contributed by atoms with E-state index in [1.54, 1.807) is 55.6 Å². The fourth-order valence-electron chi connectivity index (χ4n) is 2.88. The van der Waals surface area contributed by atoms with Gasteiger partial charge in [0.05, 0.1) is 19.2 Å². The SMILES string of the molecule is COc1ccc(OCCN2C(=O)C(O)=C(c3ccc(NC(C)=O)cc3)C2=O)cc1. The van der Waals surface area contributed by atoms with Gasteiger partial charge in [0, 0.05) is 12.6 Å². The van der Waals surface area contributed by atoms with Crippen LogP contribution in [-0.4, -0.2) is 48.0 Å². The molecule has 0 bridgehead atoms. The van der Waals surface area contributed by atoms with Gasteiger partial charge in [-0.15, -0.1) is 0 Å². The van der Waals surface area contributed by atoms with Gasteiger partial charge >= 0.3 is 0 Å². The number of aliphatic hydroxyl groups is 1. The van der Waals surface area contributed by atoms with Crippen molar-refractivity contribution < 1.29 is 29.0 Å². The van der Waals surface area contributed by atoms with Crippen LogP contribution in [0.25, 0.3) is 5.57 Å². The normalized spacial score (nSPS) is 13.7. The van der Waals surface area contributed by atoms with Crippen molar-refractivity contribution in [3.05, 3.63) is 59.9 Å². The van der Waals surface area contributed by atoms with Gasteiger partial charge in [-0.2, -0.15) is 0 Å². The van der Waals surface area contributed by atoms with Crippen molar-refractivity contribution in [1.82, 2.24) is 4.90 Å². The molecular formula is C21H20N2O6. The van der Waals surface area contributed by atoms with Gasteiger partial charge < -0.3 is 19.9 Å². The summed E-state index contributed by atoms with van der Waals surface area (Å²) in [6.07, 6.45) is 0. The first kappa shape index (κ1) is 19.9. The second kappa shape index (κ2) is 8.47. The van der Waals surface area contributed by atoms with E-state index < -0.39 is 17.6 Å². The van der Waals surface area contributed by atoms with Crippen LogP contribution < -0.4 is 14.8 Å². The zero-order valence-electron chi connectivity index (χ0n) is 16.0. The van der Waals surface area contributed by atoms with Gasteiger partial charge in [0.1, 0.15) is 18.1 Å². The number of anilines is 1. The molecule has 8 nitrogen and oxygen atoms in total. The third-order valence-corrected chi connectivity index (χ3v) is 4.28. The molecule has 0 saturated carbocycles. The molecule has 0 aliphatic carbocycles. The number of hydrogen-bond acceptors (Lipinski definition) is 6. The summed E-state index contributed by atoms with van der Waals surface area (Å²) in [5.74, 6) is -0.949. The summed E-state index contributed by atoms with van der Waals surface area (Å²) in [5.41, 5.74) is 0.852. The van der Waals surface area contributed by atoms with E-state index in [0.29, 0.717) is 22.7 Å². The maximum atomic E-state index is 12.7. The van der Waals surface area contributed by atoms with Crippen LogP contribution >= 0.6 is 0 Å². The molecule has 0 aromatic heterocycles. The molecule has 2 aromatic rings. The van der Waals surface area contributed by atoms with Crippen molar-refractivity contribution in [3.8, 4) is 11.5 Å². The summed E-state index contributed by atoms with van der Waals surface area (Å²) in [6, 6.07) is 13.2. The predicted octanol–water partition coefficient (Wildman–Crippen LogP) is 2.37. The molecule has 0 radical (unpaired) electrons.